The van der Waals surface area contributed by atoms with Crippen molar-refractivity contribution in [2.24, 2.45) is 16.9 Å². The summed E-state index contributed by atoms with van der Waals surface area (Å²) in [6.07, 6.45) is 4.93. The van der Waals surface area contributed by atoms with Crippen LogP contribution in [0.5, 0.6) is 0 Å². The van der Waals surface area contributed by atoms with Gasteiger partial charge in [-0.2, -0.15) is 5.10 Å². The van der Waals surface area contributed by atoms with Crippen molar-refractivity contribution in [3.63, 3.8) is 0 Å². The number of carbonyl (C=O) groups excluding carboxylic acids is 3. The lowest BCUT2D eigenvalue weighted by Crippen LogP contribution is -2.46. The molecule has 3 aliphatic heterocycles. The average Bonchev–Trinajstić information content (AvgIpc) is 3.26. The largest absolute Gasteiger partial charge is 0.292 e. The highest BCUT2D eigenvalue weighted by Crippen LogP contribution is 2.46. The van der Waals surface area contributed by atoms with Crippen LogP contribution in [0.4, 0.5) is 11.4 Å². The normalized spacial score (nSPS) is 26.2. The molecular formula is C22H16N4O5. The van der Waals surface area contributed by atoms with Crippen LogP contribution in [-0.4, -0.2) is 45.8 Å². The van der Waals surface area contributed by atoms with Crippen LogP contribution in [-0.2, 0) is 9.59 Å². The number of allylic oxidation sites excluding steroid dienone is 1. The van der Waals surface area contributed by atoms with Crippen LogP contribution in [0.25, 0.3) is 0 Å². The molecule has 2 aromatic carbocycles. The number of benzene rings is 2. The molecule has 2 amide bonds. The van der Waals surface area contributed by atoms with Gasteiger partial charge >= 0.3 is 0 Å². The van der Waals surface area contributed by atoms with Crippen molar-refractivity contribution in [3.05, 3.63) is 82.4 Å². The first kappa shape index (κ1) is 18.9. The number of fused-ring (bicyclic) bond motifs is 3. The second-order valence-corrected chi connectivity index (χ2v) is 7.54. The molecule has 154 valence electrons. The van der Waals surface area contributed by atoms with E-state index in [0.717, 1.165) is 4.90 Å². The topological polar surface area (TPSA) is 113 Å². The first-order chi connectivity index (χ1) is 15.0. The summed E-state index contributed by atoms with van der Waals surface area (Å²) in [6.45, 7) is 0. The van der Waals surface area contributed by atoms with Gasteiger partial charge in [0.05, 0.1) is 28.5 Å². The Bertz CT molecular complexity index is 1180. The van der Waals surface area contributed by atoms with Crippen molar-refractivity contribution in [2.75, 3.05) is 4.90 Å². The molecular weight excluding hydrogens is 400 g/mol. The number of rotatable bonds is 4. The maximum atomic E-state index is 13.5. The zero-order valence-electron chi connectivity index (χ0n) is 16.1. The number of hydrazone groups is 1. The van der Waals surface area contributed by atoms with Crippen molar-refractivity contribution in [2.45, 2.75) is 12.1 Å². The minimum atomic E-state index is -1.04. The minimum absolute atomic E-state index is 0.0989. The fourth-order valence-electron chi connectivity index (χ4n) is 4.61. The van der Waals surface area contributed by atoms with Gasteiger partial charge in [-0.3, -0.25) is 29.5 Å². The number of non-ortho nitro benzene ring substituents is 1. The summed E-state index contributed by atoms with van der Waals surface area (Å²) < 4.78 is 0. The number of nitrogens with zero attached hydrogens (tertiary/aromatic N) is 4. The van der Waals surface area contributed by atoms with E-state index in [1.54, 1.807) is 42.5 Å². The van der Waals surface area contributed by atoms with E-state index in [4.69, 9.17) is 0 Å². The molecule has 0 radical (unpaired) electrons. The van der Waals surface area contributed by atoms with E-state index >= 15 is 0 Å². The van der Waals surface area contributed by atoms with Gasteiger partial charge in [0.25, 0.3) is 5.69 Å². The van der Waals surface area contributed by atoms with Crippen LogP contribution in [0.15, 0.2) is 71.9 Å². The second-order valence-electron chi connectivity index (χ2n) is 7.54. The summed E-state index contributed by atoms with van der Waals surface area (Å²) in [7, 11) is 0. The van der Waals surface area contributed by atoms with E-state index in [0.29, 0.717) is 5.69 Å². The van der Waals surface area contributed by atoms with Crippen molar-refractivity contribution < 1.29 is 19.3 Å². The highest BCUT2D eigenvalue weighted by atomic mass is 16.6. The molecule has 5 rings (SSSR count). The second kappa shape index (κ2) is 6.98. The summed E-state index contributed by atoms with van der Waals surface area (Å²) >= 11 is 0. The van der Waals surface area contributed by atoms with Crippen LogP contribution in [0.1, 0.15) is 10.4 Å². The van der Waals surface area contributed by atoms with E-state index < -0.39 is 40.5 Å². The summed E-state index contributed by atoms with van der Waals surface area (Å²) in [5, 5.41) is 16.9. The lowest BCUT2D eigenvalue weighted by molar-refractivity contribution is -0.384. The summed E-state index contributed by atoms with van der Waals surface area (Å²) in [5.41, 5.74) is 0.323. The Morgan fingerprint density at radius 3 is 2.48 bits per heavy atom. The monoisotopic (exact) mass is 416 g/mol. The number of hydrogen-bond acceptors (Lipinski definition) is 7. The van der Waals surface area contributed by atoms with E-state index in [-0.39, 0.29) is 17.2 Å². The van der Waals surface area contributed by atoms with Crippen molar-refractivity contribution in [1.29, 1.82) is 0 Å². The van der Waals surface area contributed by atoms with Gasteiger partial charge in [0, 0.05) is 23.9 Å². The first-order valence-electron chi connectivity index (χ1n) is 9.69. The highest BCUT2D eigenvalue weighted by Gasteiger charge is 2.64. The number of nitro groups is 1. The molecule has 0 aromatic heterocycles. The number of ketones is 1. The maximum Gasteiger partial charge on any atom is 0.270 e. The molecule has 0 unspecified atom stereocenters. The molecule has 2 saturated heterocycles. The molecule has 0 N–H and O–H groups in total. The van der Waals surface area contributed by atoms with Gasteiger partial charge in [-0.15, -0.1) is 0 Å². The third-order valence-corrected chi connectivity index (χ3v) is 5.92. The Hall–Kier alpha value is -4.14. The smallest absolute Gasteiger partial charge is 0.270 e. The van der Waals surface area contributed by atoms with Gasteiger partial charge in [-0.1, -0.05) is 36.4 Å². The Morgan fingerprint density at radius 2 is 1.74 bits per heavy atom. The Labute approximate surface area is 176 Å². The number of carbonyl (C=O) groups is 3. The first-order valence-corrected chi connectivity index (χ1v) is 9.69. The molecule has 2 aromatic rings. The van der Waals surface area contributed by atoms with Crippen molar-refractivity contribution in [3.8, 4) is 0 Å². The predicted molar refractivity (Wildman–Crippen MR) is 110 cm³/mol. The fourth-order valence-corrected chi connectivity index (χ4v) is 4.61. The van der Waals surface area contributed by atoms with Gasteiger partial charge in [-0.25, -0.2) is 4.90 Å². The third kappa shape index (κ3) is 2.77. The molecule has 3 heterocycles. The number of Topliss-reactive ketones (excluding diaryl/α,β-unsaturated/α-hetero) is 1. The highest BCUT2D eigenvalue weighted by molar-refractivity contribution is 6.24. The molecule has 0 bridgehead atoms. The van der Waals surface area contributed by atoms with E-state index in [9.17, 15) is 24.5 Å². The summed E-state index contributed by atoms with van der Waals surface area (Å²) in [5.74, 6) is -3.04. The molecule has 2 fully saturated rings. The molecule has 0 saturated carbocycles. The van der Waals surface area contributed by atoms with Gasteiger partial charge < -0.3 is 0 Å². The zero-order chi connectivity index (χ0) is 21.7. The van der Waals surface area contributed by atoms with Gasteiger partial charge in [0.15, 0.2) is 5.78 Å². The van der Waals surface area contributed by atoms with Crippen molar-refractivity contribution in [1.82, 2.24) is 5.01 Å². The van der Waals surface area contributed by atoms with E-state index in [2.05, 4.69) is 5.10 Å². The lowest BCUT2D eigenvalue weighted by atomic mass is 9.86. The Balaban J connectivity index is 1.58. The molecule has 9 heteroatoms. The van der Waals surface area contributed by atoms with Crippen LogP contribution in [0, 0.1) is 22.0 Å². The number of para-hydroxylation sites is 1. The number of nitro benzene ring substituents is 1. The summed E-state index contributed by atoms with van der Waals surface area (Å²) in [6, 6.07) is 12.4. The van der Waals surface area contributed by atoms with Crippen LogP contribution >= 0.6 is 0 Å². The van der Waals surface area contributed by atoms with Crippen LogP contribution < -0.4 is 4.90 Å². The fraction of sp³-hybridized carbons (Fsp3) is 0.182. The summed E-state index contributed by atoms with van der Waals surface area (Å²) in [4.78, 5) is 51.9. The molecule has 9 nitrogen and oxygen atoms in total. The number of imide groups is 1. The Kier molecular flexibility index (Phi) is 4.25. The number of amides is 2. The zero-order valence-corrected chi connectivity index (χ0v) is 16.1. The van der Waals surface area contributed by atoms with E-state index in [1.165, 1.54) is 35.5 Å². The van der Waals surface area contributed by atoms with Gasteiger partial charge in [0.2, 0.25) is 11.8 Å². The molecule has 3 aliphatic rings. The number of hydrogen-bond donors (Lipinski definition) is 0. The number of anilines is 1. The third-order valence-electron chi connectivity index (χ3n) is 5.92. The molecule has 4 atom stereocenters. The molecule has 0 spiro atoms. The van der Waals surface area contributed by atoms with Crippen LogP contribution in [0.2, 0.25) is 0 Å². The Morgan fingerprint density at radius 1 is 1.00 bits per heavy atom. The molecule has 0 aliphatic carbocycles. The van der Waals surface area contributed by atoms with E-state index in [1.807, 2.05) is 0 Å². The lowest BCUT2D eigenvalue weighted by Gasteiger charge is -2.30. The van der Waals surface area contributed by atoms with Crippen molar-refractivity contribution >= 4 is 35.2 Å². The standard InChI is InChI=1S/C22H16N4O5/c27-20(13-6-4-9-15(12-13)26(30)31)19-18-17(16-10-5-11-23-25(16)19)21(28)24(22(18)29)14-7-2-1-3-8-14/h1-12,16-19H/t16-,17-,18-,19+/m1/s1. The SMILES string of the molecule is O=C(c1cccc([N+](=O)[O-])c1)[C@@H]1[C@@H]2C(=O)N(c3ccccc3)C(=O)[C@@H]2[C@H]2C=CC=NN21. The predicted octanol–water partition coefficient (Wildman–Crippen LogP) is 2.19. The van der Waals surface area contributed by atoms with Gasteiger partial charge in [-0.05, 0) is 18.2 Å². The van der Waals surface area contributed by atoms with Gasteiger partial charge in [0.1, 0.15) is 6.04 Å². The molecule has 31 heavy (non-hydrogen) atoms. The van der Waals surface area contributed by atoms with Crippen LogP contribution in [0.3, 0.4) is 0 Å². The minimum Gasteiger partial charge on any atom is -0.292 e. The quantitative estimate of drug-likeness (QED) is 0.327. The maximum absolute atomic E-state index is 13.5. The average molecular weight is 416 g/mol.